The van der Waals surface area contributed by atoms with Crippen LogP contribution in [0, 0.1) is 0 Å². The van der Waals surface area contributed by atoms with E-state index in [-0.39, 0.29) is 11.4 Å². The van der Waals surface area contributed by atoms with Crippen molar-refractivity contribution >= 4 is 17.9 Å². The molecule has 2 aromatic carbocycles. The van der Waals surface area contributed by atoms with Gasteiger partial charge in [0, 0.05) is 12.4 Å². The van der Waals surface area contributed by atoms with Crippen LogP contribution in [0.2, 0.25) is 0 Å². The third kappa shape index (κ3) is 6.34. The second-order valence-electron chi connectivity index (χ2n) is 6.55. The Morgan fingerprint density at radius 3 is 1.76 bits per heavy atom. The first-order chi connectivity index (χ1) is 16.0. The number of carbonyl (C=O) groups is 3. The summed E-state index contributed by atoms with van der Waals surface area (Å²) in [6, 6.07) is 23.9. The number of nitrogens with zero attached hydrogens (tertiary/aromatic N) is 2. The van der Waals surface area contributed by atoms with Crippen LogP contribution in [0.1, 0.15) is 36.9 Å². The molecule has 0 aliphatic heterocycles. The molecule has 33 heavy (non-hydrogen) atoms. The number of aromatic nitrogens is 2. The first-order valence-corrected chi connectivity index (χ1v) is 9.72. The third-order valence-corrected chi connectivity index (χ3v) is 4.27. The van der Waals surface area contributed by atoms with E-state index >= 15 is 0 Å². The molecule has 9 nitrogen and oxygen atoms in total. The van der Waals surface area contributed by atoms with Crippen LogP contribution in [0.5, 0.6) is 0 Å². The molecule has 4 aromatic rings. The Morgan fingerprint density at radius 2 is 1.18 bits per heavy atom. The van der Waals surface area contributed by atoms with Crippen LogP contribution < -0.4 is 9.68 Å². The maximum atomic E-state index is 11.7. The summed E-state index contributed by atoms with van der Waals surface area (Å²) in [5.74, 6) is -2.77. The highest BCUT2D eigenvalue weighted by Crippen LogP contribution is 2.05. The van der Waals surface area contributed by atoms with Crippen LogP contribution in [0.3, 0.4) is 0 Å². The van der Waals surface area contributed by atoms with Gasteiger partial charge in [0.15, 0.2) is 11.4 Å². The van der Waals surface area contributed by atoms with E-state index in [4.69, 9.17) is 19.9 Å². The molecular formula is C24H20N2O7. The van der Waals surface area contributed by atoms with E-state index in [2.05, 4.69) is 0 Å². The summed E-state index contributed by atoms with van der Waals surface area (Å²) in [6.07, 6.45) is 2.94. The molecule has 0 aliphatic rings. The topological polar surface area (TPSA) is 120 Å². The lowest BCUT2D eigenvalue weighted by Gasteiger charge is -2.08. The number of carboxylic acid groups (broad SMARTS) is 2. The molecule has 0 amide bonds. The number of benzene rings is 2. The Bertz CT molecular complexity index is 1210. The monoisotopic (exact) mass is 448 g/mol. The predicted molar refractivity (Wildman–Crippen MR) is 117 cm³/mol. The zero-order valence-corrected chi connectivity index (χ0v) is 17.3. The Hall–Kier alpha value is -4.79. The first kappa shape index (κ1) is 22.9. The predicted octanol–water partition coefficient (Wildman–Crippen LogP) is 3.27. The summed E-state index contributed by atoms with van der Waals surface area (Å²) in [4.78, 5) is 43.5. The number of carboxylic acids is 2. The van der Waals surface area contributed by atoms with Crippen molar-refractivity contribution in [3.05, 3.63) is 120 Å². The van der Waals surface area contributed by atoms with E-state index in [1.54, 1.807) is 42.6 Å². The summed E-state index contributed by atoms with van der Waals surface area (Å²) in [7, 11) is 0. The van der Waals surface area contributed by atoms with Gasteiger partial charge in [-0.25, -0.2) is 14.4 Å². The van der Waals surface area contributed by atoms with Gasteiger partial charge in [0.25, 0.3) is 0 Å². The number of hydrogen-bond acceptors (Lipinski definition) is 5. The van der Waals surface area contributed by atoms with Crippen LogP contribution in [-0.4, -0.2) is 37.6 Å². The molecule has 0 bridgehead atoms. The van der Waals surface area contributed by atoms with Crippen LogP contribution in [0.25, 0.3) is 0 Å². The van der Waals surface area contributed by atoms with E-state index in [1.165, 1.54) is 29.1 Å². The highest BCUT2D eigenvalue weighted by Gasteiger charge is 2.14. The average molecular weight is 448 g/mol. The molecule has 0 radical (unpaired) electrons. The van der Waals surface area contributed by atoms with Crippen molar-refractivity contribution in [1.29, 1.82) is 0 Å². The average Bonchev–Trinajstić information content (AvgIpc) is 3.49. The zero-order valence-electron chi connectivity index (χ0n) is 17.3. The lowest BCUT2D eigenvalue weighted by molar-refractivity contribution is 0.0421. The first-order valence-electron chi connectivity index (χ1n) is 9.72. The fourth-order valence-corrected chi connectivity index (χ4v) is 2.69. The smallest absolute Gasteiger partial charge is 0.363 e. The van der Waals surface area contributed by atoms with E-state index < -0.39 is 17.9 Å². The minimum atomic E-state index is -1.16. The van der Waals surface area contributed by atoms with E-state index in [1.807, 2.05) is 30.3 Å². The highest BCUT2D eigenvalue weighted by atomic mass is 16.7. The molecule has 9 heteroatoms. The summed E-state index contributed by atoms with van der Waals surface area (Å²) < 4.78 is 2.19. The van der Waals surface area contributed by atoms with Crippen molar-refractivity contribution in [2.24, 2.45) is 0 Å². The van der Waals surface area contributed by atoms with Gasteiger partial charge in [-0.2, -0.15) is 9.46 Å². The molecule has 2 heterocycles. The van der Waals surface area contributed by atoms with E-state index in [0.717, 1.165) is 10.3 Å². The largest absolute Gasteiger partial charge is 0.476 e. The fourth-order valence-electron chi connectivity index (χ4n) is 2.69. The molecule has 0 unspecified atom stereocenters. The third-order valence-electron chi connectivity index (χ3n) is 4.27. The number of rotatable bonds is 7. The Labute approximate surface area is 188 Å². The van der Waals surface area contributed by atoms with Gasteiger partial charge in [-0.3, -0.25) is 0 Å². The molecule has 0 saturated carbocycles. The fraction of sp³-hybridized carbons (Fsp3) is 0.0417. The Balaban J connectivity index is 0.000000186. The van der Waals surface area contributed by atoms with Gasteiger partial charge < -0.3 is 19.9 Å². The summed E-state index contributed by atoms with van der Waals surface area (Å²) >= 11 is 0. The summed E-state index contributed by atoms with van der Waals surface area (Å²) in [5, 5.41) is 17.7. The van der Waals surface area contributed by atoms with Gasteiger partial charge in [0.2, 0.25) is 0 Å². The van der Waals surface area contributed by atoms with E-state index in [0.29, 0.717) is 12.2 Å². The molecule has 0 spiro atoms. The van der Waals surface area contributed by atoms with Crippen LogP contribution >= 0.6 is 0 Å². The Morgan fingerprint density at radius 1 is 0.667 bits per heavy atom. The molecule has 2 aromatic heterocycles. The van der Waals surface area contributed by atoms with E-state index in [9.17, 15) is 14.4 Å². The molecule has 0 fully saturated rings. The van der Waals surface area contributed by atoms with Crippen LogP contribution in [0.4, 0.5) is 0 Å². The van der Waals surface area contributed by atoms with Gasteiger partial charge in [-0.05, 0) is 42.0 Å². The minimum absolute atomic E-state index is 0.103. The molecule has 2 N–H and O–H groups in total. The standard InChI is InChI=1S/C12H9NO4.C12H11NO3/c14-11(15)10-7-4-8-13(10)17-12(16)9-5-2-1-3-6-9;14-12(15)11-7-4-8-13(11)16-9-10-5-2-1-3-6-10/h1-8H,(H,14,15);1-8H,9H2,(H,14,15). The van der Waals surface area contributed by atoms with Gasteiger partial charge in [-0.15, -0.1) is 0 Å². The maximum absolute atomic E-state index is 11.7. The Kier molecular flexibility index (Phi) is 7.63. The van der Waals surface area contributed by atoms with Crippen LogP contribution in [0.15, 0.2) is 97.3 Å². The second-order valence-corrected chi connectivity index (χ2v) is 6.55. The molecule has 0 atom stereocenters. The van der Waals surface area contributed by atoms with Crippen molar-refractivity contribution < 1.29 is 34.3 Å². The highest BCUT2D eigenvalue weighted by molar-refractivity contribution is 5.90. The quantitative estimate of drug-likeness (QED) is 0.445. The van der Waals surface area contributed by atoms with Crippen molar-refractivity contribution in [2.75, 3.05) is 0 Å². The van der Waals surface area contributed by atoms with Crippen LogP contribution in [-0.2, 0) is 6.61 Å². The summed E-state index contributed by atoms with van der Waals surface area (Å²) in [6.45, 7) is 0.343. The zero-order chi connectivity index (χ0) is 23.6. The number of carbonyl (C=O) groups excluding carboxylic acids is 1. The molecule has 4 rings (SSSR count). The SMILES string of the molecule is O=C(O)c1cccn1OCc1ccccc1.O=C(On1cccc1C(=O)O)c1ccccc1. The second kappa shape index (κ2) is 11.0. The number of hydrogen-bond donors (Lipinski definition) is 2. The lowest BCUT2D eigenvalue weighted by Crippen LogP contribution is -2.22. The molecular weight excluding hydrogens is 428 g/mol. The summed E-state index contributed by atoms with van der Waals surface area (Å²) in [5.41, 5.74) is 1.37. The van der Waals surface area contributed by atoms with Gasteiger partial charge >= 0.3 is 17.9 Å². The molecule has 0 aliphatic carbocycles. The van der Waals surface area contributed by atoms with Gasteiger partial charge in [0.1, 0.15) is 6.61 Å². The van der Waals surface area contributed by atoms with Gasteiger partial charge in [0.05, 0.1) is 5.56 Å². The van der Waals surface area contributed by atoms with Crippen molar-refractivity contribution in [3.63, 3.8) is 0 Å². The van der Waals surface area contributed by atoms with Gasteiger partial charge in [-0.1, -0.05) is 48.5 Å². The van der Waals surface area contributed by atoms with Crippen molar-refractivity contribution in [2.45, 2.75) is 6.61 Å². The van der Waals surface area contributed by atoms with Crippen molar-refractivity contribution in [3.8, 4) is 0 Å². The normalized spacial score (nSPS) is 9.94. The molecule has 0 saturated heterocycles. The maximum Gasteiger partial charge on any atom is 0.363 e. The number of aromatic carboxylic acids is 2. The minimum Gasteiger partial charge on any atom is -0.476 e. The van der Waals surface area contributed by atoms with Crippen molar-refractivity contribution in [1.82, 2.24) is 9.46 Å². The lowest BCUT2D eigenvalue weighted by atomic mass is 10.2. The molecule has 168 valence electrons.